The van der Waals surface area contributed by atoms with Crippen molar-refractivity contribution in [2.75, 3.05) is 11.7 Å². The molecule has 0 aliphatic carbocycles. The zero-order valence-electron chi connectivity index (χ0n) is 10.4. The summed E-state index contributed by atoms with van der Waals surface area (Å²) in [4.78, 5) is 0. The predicted octanol–water partition coefficient (Wildman–Crippen LogP) is 2.92. The largest absolute Gasteiger partial charge is 0.224 e. The molecule has 5 heteroatoms. The molecular weight excluding hydrogens is 302 g/mol. The first kappa shape index (κ1) is 14.7. The van der Waals surface area contributed by atoms with E-state index >= 15 is 0 Å². The van der Waals surface area contributed by atoms with E-state index in [1.165, 1.54) is 9.87 Å². The molecule has 0 spiro atoms. The van der Waals surface area contributed by atoms with Gasteiger partial charge in [-0.1, -0.05) is 54.0 Å². The number of hydrogen-bond acceptors (Lipinski definition) is 2. The second-order valence-corrected chi connectivity index (χ2v) is 7.75. The van der Waals surface area contributed by atoms with Gasteiger partial charge in [0.1, 0.15) is 4.66 Å². The molecular formula is C12H18BrNO2S. The van der Waals surface area contributed by atoms with Crippen molar-refractivity contribution in [1.29, 1.82) is 0 Å². The molecule has 1 aromatic carbocycles. The molecule has 0 heterocycles. The summed E-state index contributed by atoms with van der Waals surface area (Å²) in [5.41, 5.74) is 2.26. The van der Waals surface area contributed by atoms with E-state index in [0.29, 0.717) is 12.5 Å². The molecule has 0 aliphatic heterocycles. The molecule has 0 radical (unpaired) electrons. The summed E-state index contributed by atoms with van der Waals surface area (Å²) in [6.07, 6.45) is 0. The molecule has 0 unspecified atom stereocenters. The molecule has 0 atom stereocenters. The molecule has 1 rings (SSSR count). The average molecular weight is 320 g/mol. The van der Waals surface area contributed by atoms with E-state index in [1.807, 2.05) is 12.1 Å². The Kier molecular flexibility index (Phi) is 5.16. The van der Waals surface area contributed by atoms with Crippen molar-refractivity contribution in [3.63, 3.8) is 0 Å². The molecule has 0 N–H and O–H groups in total. The van der Waals surface area contributed by atoms with Gasteiger partial charge in [0.2, 0.25) is 10.0 Å². The number of hydrogen-bond donors (Lipinski definition) is 0. The van der Waals surface area contributed by atoms with Crippen LogP contribution in [-0.4, -0.2) is 24.4 Å². The monoisotopic (exact) mass is 319 g/mol. The average Bonchev–Trinajstić information content (AvgIpc) is 2.29. The Labute approximate surface area is 112 Å². The van der Waals surface area contributed by atoms with Crippen molar-refractivity contribution in [3.05, 3.63) is 35.4 Å². The molecule has 0 saturated carbocycles. The van der Waals surface area contributed by atoms with Crippen LogP contribution in [0.1, 0.15) is 30.9 Å². The number of nitrogens with zero attached hydrogens (tertiary/aromatic N) is 1. The lowest BCUT2D eigenvalue weighted by molar-refractivity contribution is 0.471. The third-order valence-corrected chi connectivity index (χ3v) is 5.75. The smallest absolute Gasteiger partial charge is 0.211 e. The van der Waals surface area contributed by atoms with Crippen LogP contribution in [0.15, 0.2) is 24.3 Å². The highest BCUT2D eigenvalue weighted by Gasteiger charge is 2.15. The maximum Gasteiger partial charge on any atom is 0.224 e. The fraction of sp³-hybridized carbons (Fsp3) is 0.500. The van der Waals surface area contributed by atoms with Crippen molar-refractivity contribution in [2.24, 2.45) is 0 Å². The van der Waals surface area contributed by atoms with Crippen LogP contribution in [0.2, 0.25) is 0 Å². The molecule has 1 aromatic rings. The first-order valence-corrected chi connectivity index (χ1v) is 8.18. The van der Waals surface area contributed by atoms with Gasteiger partial charge in [0, 0.05) is 13.6 Å². The minimum atomic E-state index is -3.17. The first-order chi connectivity index (χ1) is 7.86. The van der Waals surface area contributed by atoms with Gasteiger partial charge in [-0.2, -0.15) is 4.31 Å². The van der Waals surface area contributed by atoms with Crippen molar-refractivity contribution in [2.45, 2.75) is 26.3 Å². The summed E-state index contributed by atoms with van der Waals surface area (Å²) in [6.45, 7) is 4.68. The van der Waals surface area contributed by atoms with Gasteiger partial charge < -0.3 is 0 Å². The number of sulfonamides is 1. The lowest BCUT2D eigenvalue weighted by Gasteiger charge is -2.16. The van der Waals surface area contributed by atoms with Gasteiger partial charge in [0.05, 0.1) is 0 Å². The Bertz CT molecular complexity index is 454. The van der Waals surface area contributed by atoms with Crippen LogP contribution in [0.3, 0.4) is 0 Å². The highest BCUT2D eigenvalue weighted by Crippen LogP contribution is 2.16. The molecule has 0 saturated heterocycles. The highest BCUT2D eigenvalue weighted by atomic mass is 79.9. The van der Waals surface area contributed by atoms with E-state index < -0.39 is 10.0 Å². The normalized spacial score (nSPS) is 12.4. The Hall–Kier alpha value is -0.390. The maximum absolute atomic E-state index is 11.6. The Morgan fingerprint density at radius 2 is 1.76 bits per heavy atom. The van der Waals surface area contributed by atoms with E-state index in [9.17, 15) is 8.42 Å². The third-order valence-electron chi connectivity index (χ3n) is 2.66. The minimum absolute atomic E-state index is 0.0411. The van der Waals surface area contributed by atoms with Gasteiger partial charge in [-0.3, -0.25) is 0 Å². The molecule has 0 aliphatic rings. The van der Waals surface area contributed by atoms with Crippen LogP contribution < -0.4 is 0 Å². The van der Waals surface area contributed by atoms with Gasteiger partial charge in [0.15, 0.2) is 0 Å². The lowest BCUT2D eigenvalue weighted by Crippen LogP contribution is -2.26. The molecule has 17 heavy (non-hydrogen) atoms. The van der Waals surface area contributed by atoms with E-state index in [0.717, 1.165) is 5.56 Å². The molecule has 96 valence electrons. The van der Waals surface area contributed by atoms with Crippen molar-refractivity contribution < 1.29 is 8.42 Å². The predicted molar refractivity (Wildman–Crippen MR) is 74.7 cm³/mol. The van der Waals surface area contributed by atoms with Crippen LogP contribution >= 0.6 is 15.9 Å². The third kappa shape index (κ3) is 4.08. The number of alkyl halides is 1. The molecule has 0 fully saturated rings. The molecule has 0 amide bonds. The van der Waals surface area contributed by atoms with Crippen molar-refractivity contribution in [1.82, 2.24) is 4.31 Å². The number of halogens is 1. The van der Waals surface area contributed by atoms with Crippen LogP contribution in [0.5, 0.6) is 0 Å². The van der Waals surface area contributed by atoms with E-state index in [-0.39, 0.29) is 4.66 Å². The Balaban J connectivity index is 2.76. The lowest BCUT2D eigenvalue weighted by atomic mass is 10.0. The molecule has 0 aromatic heterocycles. The second-order valence-electron chi connectivity index (χ2n) is 4.37. The Morgan fingerprint density at radius 3 is 2.18 bits per heavy atom. The number of benzene rings is 1. The zero-order chi connectivity index (χ0) is 13.1. The van der Waals surface area contributed by atoms with Crippen molar-refractivity contribution >= 4 is 26.0 Å². The Morgan fingerprint density at radius 1 is 1.24 bits per heavy atom. The topological polar surface area (TPSA) is 37.4 Å². The fourth-order valence-corrected chi connectivity index (χ4v) is 3.01. The first-order valence-electron chi connectivity index (χ1n) is 5.45. The van der Waals surface area contributed by atoms with E-state index in [4.69, 9.17) is 0 Å². The van der Waals surface area contributed by atoms with E-state index in [2.05, 4.69) is 41.9 Å². The number of rotatable bonds is 5. The van der Waals surface area contributed by atoms with Gasteiger partial charge in [-0.25, -0.2) is 8.42 Å². The standard InChI is InChI=1S/C12H18BrNO2S/c1-10(2)12-6-4-11(5-7-12)8-14(3)17(15,16)9-13/h4-7,10H,8-9H2,1-3H3. The summed E-state index contributed by atoms with van der Waals surface area (Å²) in [6, 6.07) is 8.06. The molecule has 3 nitrogen and oxygen atoms in total. The van der Waals surface area contributed by atoms with Gasteiger partial charge in [-0.05, 0) is 17.0 Å². The second kappa shape index (κ2) is 5.98. The summed E-state index contributed by atoms with van der Waals surface area (Å²) in [5, 5.41) is 0. The maximum atomic E-state index is 11.6. The highest BCUT2D eigenvalue weighted by molar-refractivity contribution is 9.10. The minimum Gasteiger partial charge on any atom is -0.211 e. The summed E-state index contributed by atoms with van der Waals surface area (Å²) in [5.74, 6) is 0.494. The van der Waals surface area contributed by atoms with Crippen LogP contribution in [0.25, 0.3) is 0 Å². The summed E-state index contributed by atoms with van der Waals surface area (Å²) in [7, 11) is -1.58. The van der Waals surface area contributed by atoms with Crippen LogP contribution in [-0.2, 0) is 16.6 Å². The fourth-order valence-electron chi connectivity index (χ4n) is 1.45. The van der Waals surface area contributed by atoms with E-state index in [1.54, 1.807) is 7.05 Å². The van der Waals surface area contributed by atoms with Crippen LogP contribution in [0, 0.1) is 0 Å². The molecule has 0 bridgehead atoms. The quantitative estimate of drug-likeness (QED) is 0.782. The summed E-state index contributed by atoms with van der Waals surface area (Å²) < 4.78 is 24.4. The van der Waals surface area contributed by atoms with Gasteiger partial charge in [0.25, 0.3) is 0 Å². The van der Waals surface area contributed by atoms with Gasteiger partial charge in [-0.15, -0.1) is 0 Å². The van der Waals surface area contributed by atoms with Crippen molar-refractivity contribution in [3.8, 4) is 0 Å². The summed E-state index contributed by atoms with van der Waals surface area (Å²) >= 11 is 2.99. The van der Waals surface area contributed by atoms with Crippen LogP contribution in [0.4, 0.5) is 0 Å². The SMILES string of the molecule is CC(C)c1ccc(CN(C)S(=O)(=O)CBr)cc1. The van der Waals surface area contributed by atoms with Gasteiger partial charge >= 0.3 is 0 Å². The zero-order valence-corrected chi connectivity index (χ0v) is 12.8.